The third kappa shape index (κ3) is 5.11. The van der Waals surface area contributed by atoms with Crippen molar-refractivity contribution in [1.82, 2.24) is 20.3 Å². The lowest BCUT2D eigenvalue weighted by molar-refractivity contribution is -0.121. The molecule has 1 aromatic carbocycles. The highest BCUT2D eigenvalue weighted by Crippen LogP contribution is 2.20. The summed E-state index contributed by atoms with van der Waals surface area (Å²) < 4.78 is 5.79. The summed E-state index contributed by atoms with van der Waals surface area (Å²) in [6.45, 7) is 2.34. The summed E-state index contributed by atoms with van der Waals surface area (Å²) in [5, 5.41) is 2.98. The molecule has 1 atom stereocenters. The third-order valence-corrected chi connectivity index (χ3v) is 3.83. The van der Waals surface area contributed by atoms with E-state index in [4.69, 9.17) is 4.74 Å². The standard InChI is InChI=1S/C20H20N4O2/c1-15(24-20(25)9-16-11-21-14-22-12-16)17-5-4-7-19(10-17)26-13-18-6-2-3-8-23-18/h2-8,10-12,14-15H,9,13H2,1H3,(H,24,25). The van der Waals surface area contributed by atoms with Crippen LogP contribution in [-0.2, 0) is 17.8 Å². The lowest BCUT2D eigenvalue weighted by Gasteiger charge is -2.15. The molecule has 0 aliphatic rings. The van der Waals surface area contributed by atoms with E-state index in [1.165, 1.54) is 6.33 Å². The summed E-state index contributed by atoms with van der Waals surface area (Å²) >= 11 is 0. The smallest absolute Gasteiger partial charge is 0.225 e. The molecule has 2 aromatic heterocycles. The number of carbonyl (C=O) groups excluding carboxylic acids is 1. The van der Waals surface area contributed by atoms with Crippen molar-refractivity contribution in [3.8, 4) is 5.75 Å². The van der Waals surface area contributed by atoms with Crippen molar-refractivity contribution in [2.45, 2.75) is 26.0 Å². The predicted octanol–water partition coefficient (Wildman–Crippen LogP) is 2.87. The minimum Gasteiger partial charge on any atom is -0.487 e. The van der Waals surface area contributed by atoms with Crippen molar-refractivity contribution in [2.24, 2.45) is 0 Å². The minimum atomic E-state index is -0.134. The molecule has 6 heteroatoms. The number of amides is 1. The Morgan fingerprint density at radius 2 is 2.00 bits per heavy atom. The number of benzene rings is 1. The Morgan fingerprint density at radius 1 is 1.15 bits per heavy atom. The highest BCUT2D eigenvalue weighted by molar-refractivity contribution is 5.78. The Balaban J connectivity index is 1.57. The molecular weight excluding hydrogens is 328 g/mol. The van der Waals surface area contributed by atoms with Gasteiger partial charge in [-0.05, 0) is 42.3 Å². The van der Waals surface area contributed by atoms with E-state index in [9.17, 15) is 4.79 Å². The first-order valence-electron chi connectivity index (χ1n) is 8.36. The number of pyridine rings is 1. The number of carbonyl (C=O) groups is 1. The van der Waals surface area contributed by atoms with Gasteiger partial charge in [-0.3, -0.25) is 9.78 Å². The Hall–Kier alpha value is -3.28. The molecule has 132 valence electrons. The number of aromatic nitrogens is 3. The number of ether oxygens (including phenoxy) is 1. The van der Waals surface area contributed by atoms with Gasteiger partial charge in [0.2, 0.25) is 5.91 Å². The second kappa shape index (κ2) is 8.71. The van der Waals surface area contributed by atoms with Gasteiger partial charge in [0.05, 0.1) is 18.2 Å². The largest absolute Gasteiger partial charge is 0.487 e. The fraction of sp³-hybridized carbons (Fsp3) is 0.200. The third-order valence-electron chi connectivity index (χ3n) is 3.83. The maximum absolute atomic E-state index is 12.2. The van der Waals surface area contributed by atoms with E-state index in [0.717, 1.165) is 22.6 Å². The van der Waals surface area contributed by atoms with E-state index >= 15 is 0 Å². The number of hydrogen-bond acceptors (Lipinski definition) is 5. The summed E-state index contributed by atoms with van der Waals surface area (Å²) in [5.41, 5.74) is 2.62. The van der Waals surface area contributed by atoms with Crippen molar-refractivity contribution in [2.75, 3.05) is 0 Å². The van der Waals surface area contributed by atoms with Crippen LogP contribution < -0.4 is 10.1 Å². The first-order valence-corrected chi connectivity index (χ1v) is 8.36. The second-order valence-corrected chi connectivity index (χ2v) is 5.89. The first-order chi connectivity index (χ1) is 12.7. The normalized spacial score (nSPS) is 11.6. The van der Waals surface area contributed by atoms with Gasteiger partial charge in [-0.25, -0.2) is 9.97 Å². The van der Waals surface area contributed by atoms with Gasteiger partial charge in [-0.15, -0.1) is 0 Å². The SMILES string of the molecule is CC(NC(=O)Cc1cncnc1)c1cccc(OCc2ccccn2)c1. The molecule has 0 saturated carbocycles. The second-order valence-electron chi connectivity index (χ2n) is 5.89. The van der Waals surface area contributed by atoms with Crippen LogP contribution in [0.3, 0.4) is 0 Å². The molecule has 0 radical (unpaired) electrons. The fourth-order valence-electron chi connectivity index (χ4n) is 2.50. The molecule has 2 heterocycles. The summed E-state index contributed by atoms with van der Waals surface area (Å²) in [5.74, 6) is 0.665. The summed E-state index contributed by atoms with van der Waals surface area (Å²) in [6.07, 6.45) is 6.72. The van der Waals surface area contributed by atoms with E-state index in [0.29, 0.717) is 6.61 Å². The van der Waals surface area contributed by atoms with Crippen LogP contribution in [0.5, 0.6) is 5.75 Å². The molecule has 1 unspecified atom stereocenters. The average molecular weight is 348 g/mol. The lowest BCUT2D eigenvalue weighted by atomic mass is 10.1. The van der Waals surface area contributed by atoms with Crippen LogP contribution in [0.15, 0.2) is 67.4 Å². The Morgan fingerprint density at radius 3 is 2.77 bits per heavy atom. The molecule has 0 aliphatic heterocycles. The zero-order valence-electron chi connectivity index (χ0n) is 14.5. The van der Waals surface area contributed by atoms with Crippen LogP contribution in [0.25, 0.3) is 0 Å². The zero-order chi connectivity index (χ0) is 18.2. The van der Waals surface area contributed by atoms with Crippen molar-refractivity contribution in [1.29, 1.82) is 0 Å². The highest BCUT2D eigenvalue weighted by Gasteiger charge is 2.11. The average Bonchev–Trinajstić information content (AvgIpc) is 2.68. The molecule has 3 aromatic rings. The molecule has 1 amide bonds. The van der Waals surface area contributed by atoms with Gasteiger partial charge in [0.25, 0.3) is 0 Å². The van der Waals surface area contributed by atoms with Crippen LogP contribution >= 0.6 is 0 Å². The maximum atomic E-state index is 12.2. The van der Waals surface area contributed by atoms with E-state index in [2.05, 4.69) is 20.3 Å². The Kier molecular flexibility index (Phi) is 5.88. The number of rotatable bonds is 7. The lowest BCUT2D eigenvalue weighted by Crippen LogP contribution is -2.28. The van der Waals surface area contributed by atoms with Crippen molar-refractivity contribution in [3.05, 3.63) is 84.2 Å². The van der Waals surface area contributed by atoms with E-state index in [-0.39, 0.29) is 18.4 Å². The van der Waals surface area contributed by atoms with Gasteiger partial charge in [0.15, 0.2) is 0 Å². The summed E-state index contributed by atoms with van der Waals surface area (Å²) in [7, 11) is 0. The maximum Gasteiger partial charge on any atom is 0.225 e. The van der Waals surface area contributed by atoms with E-state index in [1.54, 1.807) is 18.6 Å². The molecule has 3 rings (SSSR count). The van der Waals surface area contributed by atoms with Crippen LogP contribution in [0.1, 0.15) is 29.8 Å². The highest BCUT2D eigenvalue weighted by atomic mass is 16.5. The molecule has 0 bridgehead atoms. The topological polar surface area (TPSA) is 77.0 Å². The van der Waals surface area contributed by atoms with Crippen LogP contribution in [0.4, 0.5) is 0 Å². The molecule has 0 spiro atoms. The van der Waals surface area contributed by atoms with Crippen molar-refractivity contribution < 1.29 is 9.53 Å². The van der Waals surface area contributed by atoms with Gasteiger partial charge in [-0.2, -0.15) is 0 Å². The van der Waals surface area contributed by atoms with Crippen LogP contribution in [0.2, 0.25) is 0 Å². The van der Waals surface area contributed by atoms with Gasteiger partial charge >= 0.3 is 0 Å². The van der Waals surface area contributed by atoms with Gasteiger partial charge in [0.1, 0.15) is 18.7 Å². The molecule has 1 N–H and O–H groups in total. The minimum absolute atomic E-state index is 0.0768. The Labute approximate surface area is 152 Å². The van der Waals surface area contributed by atoms with Gasteiger partial charge < -0.3 is 10.1 Å². The monoisotopic (exact) mass is 348 g/mol. The van der Waals surface area contributed by atoms with Gasteiger partial charge in [-0.1, -0.05) is 18.2 Å². The molecule has 6 nitrogen and oxygen atoms in total. The van der Waals surface area contributed by atoms with Crippen LogP contribution in [-0.4, -0.2) is 20.9 Å². The van der Waals surface area contributed by atoms with Crippen molar-refractivity contribution in [3.63, 3.8) is 0 Å². The first kappa shape index (κ1) is 17.5. The zero-order valence-corrected chi connectivity index (χ0v) is 14.5. The predicted molar refractivity (Wildman–Crippen MR) is 97.3 cm³/mol. The summed E-state index contributed by atoms with van der Waals surface area (Å²) in [4.78, 5) is 24.3. The Bertz CT molecular complexity index is 841. The van der Waals surface area contributed by atoms with E-state index in [1.807, 2.05) is 49.4 Å². The van der Waals surface area contributed by atoms with E-state index < -0.39 is 0 Å². The van der Waals surface area contributed by atoms with Crippen LogP contribution in [0, 0.1) is 0 Å². The molecule has 26 heavy (non-hydrogen) atoms. The molecule has 0 fully saturated rings. The number of hydrogen-bond donors (Lipinski definition) is 1. The number of nitrogens with one attached hydrogen (secondary N) is 1. The molecule has 0 aliphatic carbocycles. The molecule has 0 saturated heterocycles. The molecular formula is C20H20N4O2. The fourth-order valence-corrected chi connectivity index (χ4v) is 2.50. The number of nitrogens with zero attached hydrogens (tertiary/aromatic N) is 3. The van der Waals surface area contributed by atoms with Crippen molar-refractivity contribution >= 4 is 5.91 Å². The van der Waals surface area contributed by atoms with Gasteiger partial charge in [0, 0.05) is 18.6 Å². The summed E-state index contributed by atoms with van der Waals surface area (Å²) in [6, 6.07) is 13.3. The quantitative estimate of drug-likeness (QED) is 0.710.